The van der Waals surface area contributed by atoms with Crippen molar-refractivity contribution in [2.24, 2.45) is 5.73 Å². The summed E-state index contributed by atoms with van der Waals surface area (Å²) < 4.78 is 19.1. The molecule has 0 heterocycles. The van der Waals surface area contributed by atoms with E-state index in [4.69, 9.17) is 10.5 Å². The smallest absolute Gasteiger partial charge is 0.128 e. The molecule has 0 fully saturated rings. The minimum atomic E-state index is -0.822. The maximum Gasteiger partial charge on any atom is 0.128 e. The van der Waals surface area contributed by atoms with Crippen molar-refractivity contribution in [3.63, 3.8) is 0 Å². The number of rotatable bonds is 4. The van der Waals surface area contributed by atoms with Crippen molar-refractivity contribution in [2.45, 2.75) is 18.9 Å². The summed E-state index contributed by atoms with van der Waals surface area (Å²) in [6.45, 7) is 1.96. The lowest BCUT2D eigenvalue weighted by Crippen LogP contribution is -2.38. The highest BCUT2D eigenvalue weighted by molar-refractivity contribution is 5.40. The Hall–Kier alpha value is -1.87. The summed E-state index contributed by atoms with van der Waals surface area (Å²) in [4.78, 5) is 0. The van der Waals surface area contributed by atoms with Gasteiger partial charge in [0.1, 0.15) is 11.6 Å². The van der Waals surface area contributed by atoms with E-state index in [1.54, 1.807) is 25.3 Å². The number of benzene rings is 2. The molecule has 0 amide bonds. The van der Waals surface area contributed by atoms with Crippen LogP contribution in [0.1, 0.15) is 24.5 Å². The summed E-state index contributed by atoms with van der Waals surface area (Å²) in [5.74, 6) is 0.485. The second kappa shape index (κ2) is 5.41. The van der Waals surface area contributed by atoms with E-state index >= 15 is 0 Å². The Morgan fingerprint density at radius 1 is 1.11 bits per heavy atom. The van der Waals surface area contributed by atoms with Gasteiger partial charge in [-0.15, -0.1) is 0 Å². The van der Waals surface area contributed by atoms with Crippen LogP contribution in [0.3, 0.4) is 0 Å². The van der Waals surface area contributed by atoms with E-state index in [1.807, 2.05) is 31.2 Å². The molecule has 1 atom stereocenters. The Bertz CT molecular complexity index is 553. The Balaban J connectivity index is 2.50. The minimum Gasteiger partial charge on any atom is -0.497 e. The van der Waals surface area contributed by atoms with Crippen molar-refractivity contribution < 1.29 is 9.13 Å². The summed E-state index contributed by atoms with van der Waals surface area (Å²) in [6, 6.07) is 14.1. The van der Waals surface area contributed by atoms with Gasteiger partial charge in [0.2, 0.25) is 0 Å². The third kappa shape index (κ3) is 2.47. The van der Waals surface area contributed by atoms with Crippen LogP contribution in [0.25, 0.3) is 0 Å². The van der Waals surface area contributed by atoms with E-state index < -0.39 is 5.54 Å². The summed E-state index contributed by atoms with van der Waals surface area (Å²) >= 11 is 0. The van der Waals surface area contributed by atoms with E-state index in [2.05, 4.69) is 0 Å². The number of methoxy groups -OCH3 is 1. The Morgan fingerprint density at radius 2 is 1.74 bits per heavy atom. The standard InChI is InChI=1S/C16H18FNO/c1-3-16(18,14-6-4-5-7-15(14)17)12-8-10-13(19-2)11-9-12/h4-11H,3,18H2,1-2H3. The molecule has 2 aromatic rings. The molecule has 0 radical (unpaired) electrons. The van der Waals surface area contributed by atoms with Crippen molar-refractivity contribution in [2.75, 3.05) is 7.11 Å². The van der Waals surface area contributed by atoms with E-state index in [1.165, 1.54) is 6.07 Å². The molecule has 2 nitrogen and oxygen atoms in total. The predicted octanol–water partition coefficient (Wildman–Crippen LogP) is 3.45. The molecular weight excluding hydrogens is 241 g/mol. The fourth-order valence-electron chi connectivity index (χ4n) is 2.26. The zero-order valence-electron chi connectivity index (χ0n) is 11.2. The maximum atomic E-state index is 14.0. The largest absolute Gasteiger partial charge is 0.497 e. The Kier molecular flexibility index (Phi) is 3.86. The van der Waals surface area contributed by atoms with Gasteiger partial charge in [-0.05, 0) is 30.2 Å². The van der Waals surface area contributed by atoms with Gasteiger partial charge in [0.15, 0.2) is 0 Å². The zero-order chi connectivity index (χ0) is 13.9. The van der Waals surface area contributed by atoms with Gasteiger partial charge >= 0.3 is 0 Å². The lowest BCUT2D eigenvalue weighted by molar-refractivity contribution is 0.413. The summed E-state index contributed by atoms with van der Waals surface area (Å²) in [6.07, 6.45) is 0.611. The van der Waals surface area contributed by atoms with E-state index in [-0.39, 0.29) is 5.82 Å². The van der Waals surface area contributed by atoms with Gasteiger partial charge in [-0.2, -0.15) is 0 Å². The van der Waals surface area contributed by atoms with Crippen molar-refractivity contribution in [1.29, 1.82) is 0 Å². The molecule has 0 aliphatic rings. The normalized spacial score (nSPS) is 13.9. The quantitative estimate of drug-likeness (QED) is 0.912. The second-order valence-corrected chi connectivity index (χ2v) is 4.53. The first-order chi connectivity index (χ1) is 9.11. The molecule has 0 bridgehead atoms. The number of halogens is 1. The topological polar surface area (TPSA) is 35.2 Å². The van der Waals surface area contributed by atoms with Gasteiger partial charge in [-0.3, -0.25) is 0 Å². The second-order valence-electron chi connectivity index (χ2n) is 4.53. The Labute approximate surface area is 113 Å². The molecule has 100 valence electrons. The van der Waals surface area contributed by atoms with Crippen LogP contribution in [-0.2, 0) is 5.54 Å². The summed E-state index contributed by atoms with van der Waals surface area (Å²) in [5, 5.41) is 0. The first kappa shape index (κ1) is 13.6. The van der Waals surface area contributed by atoms with Gasteiger partial charge in [0.25, 0.3) is 0 Å². The van der Waals surface area contributed by atoms with Gasteiger partial charge in [0.05, 0.1) is 12.6 Å². The molecule has 0 aliphatic heterocycles. The van der Waals surface area contributed by atoms with Gasteiger partial charge < -0.3 is 10.5 Å². The highest BCUT2D eigenvalue weighted by Crippen LogP contribution is 2.32. The molecule has 1 unspecified atom stereocenters. The van der Waals surface area contributed by atoms with Crippen LogP contribution in [0, 0.1) is 5.82 Å². The van der Waals surface area contributed by atoms with Crippen molar-refractivity contribution >= 4 is 0 Å². The van der Waals surface area contributed by atoms with Crippen LogP contribution in [0.4, 0.5) is 4.39 Å². The van der Waals surface area contributed by atoms with Gasteiger partial charge in [0, 0.05) is 5.56 Å². The molecule has 2 aromatic carbocycles. The first-order valence-corrected chi connectivity index (χ1v) is 6.30. The minimum absolute atomic E-state index is 0.275. The van der Waals surface area contributed by atoms with Crippen molar-refractivity contribution in [3.05, 3.63) is 65.5 Å². The molecular formula is C16H18FNO. The third-order valence-electron chi connectivity index (χ3n) is 3.52. The SMILES string of the molecule is CCC(N)(c1ccc(OC)cc1)c1ccccc1F. The van der Waals surface area contributed by atoms with E-state index in [0.29, 0.717) is 12.0 Å². The fraction of sp³-hybridized carbons (Fsp3) is 0.250. The van der Waals surface area contributed by atoms with Crippen molar-refractivity contribution in [3.8, 4) is 5.75 Å². The van der Waals surface area contributed by atoms with Crippen LogP contribution in [-0.4, -0.2) is 7.11 Å². The van der Waals surface area contributed by atoms with Gasteiger partial charge in [-0.25, -0.2) is 4.39 Å². The maximum absolute atomic E-state index is 14.0. The third-order valence-corrected chi connectivity index (χ3v) is 3.52. The summed E-state index contributed by atoms with van der Waals surface area (Å²) in [7, 11) is 1.61. The fourth-order valence-corrected chi connectivity index (χ4v) is 2.26. The lowest BCUT2D eigenvalue weighted by Gasteiger charge is -2.30. The van der Waals surface area contributed by atoms with E-state index in [0.717, 1.165) is 11.3 Å². The number of hydrogen-bond acceptors (Lipinski definition) is 2. The molecule has 3 heteroatoms. The average Bonchev–Trinajstić information content (AvgIpc) is 2.47. The number of hydrogen-bond donors (Lipinski definition) is 1. The van der Waals surface area contributed by atoms with Crippen LogP contribution in [0.2, 0.25) is 0 Å². The average molecular weight is 259 g/mol. The zero-order valence-corrected chi connectivity index (χ0v) is 11.2. The van der Waals surface area contributed by atoms with Crippen LogP contribution < -0.4 is 10.5 Å². The Morgan fingerprint density at radius 3 is 2.26 bits per heavy atom. The van der Waals surface area contributed by atoms with Crippen molar-refractivity contribution in [1.82, 2.24) is 0 Å². The van der Waals surface area contributed by atoms with E-state index in [9.17, 15) is 4.39 Å². The lowest BCUT2D eigenvalue weighted by atomic mass is 9.81. The molecule has 19 heavy (non-hydrogen) atoms. The monoisotopic (exact) mass is 259 g/mol. The first-order valence-electron chi connectivity index (χ1n) is 6.30. The van der Waals surface area contributed by atoms with Crippen LogP contribution >= 0.6 is 0 Å². The molecule has 0 aromatic heterocycles. The molecule has 0 saturated carbocycles. The molecule has 2 rings (SSSR count). The van der Waals surface area contributed by atoms with Crippen LogP contribution in [0.15, 0.2) is 48.5 Å². The predicted molar refractivity (Wildman–Crippen MR) is 74.7 cm³/mol. The van der Waals surface area contributed by atoms with Gasteiger partial charge in [-0.1, -0.05) is 37.3 Å². The molecule has 0 aliphatic carbocycles. The number of nitrogens with two attached hydrogens (primary N) is 1. The molecule has 0 saturated heterocycles. The highest BCUT2D eigenvalue weighted by Gasteiger charge is 2.30. The number of ether oxygens (including phenoxy) is 1. The molecule has 2 N–H and O–H groups in total. The highest BCUT2D eigenvalue weighted by atomic mass is 19.1. The molecule has 0 spiro atoms. The van der Waals surface area contributed by atoms with Crippen LogP contribution in [0.5, 0.6) is 5.75 Å². The summed E-state index contributed by atoms with van der Waals surface area (Å²) in [5.41, 5.74) is 7.02.